The van der Waals surface area contributed by atoms with Gasteiger partial charge in [-0.1, -0.05) is 24.3 Å². The summed E-state index contributed by atoms with van der Waals surface area (Å²) in [6.45, 7) is -0.679. The van der Waals surface area contributed by atoms with Gasteiger partial charge in [0.15, 0.2) is 6.61 Å². The highest BCUT2D eigenvalue weighted by molar-refractivity contribution is 7.84. The van der Waals surface area contributed by atoms with Crippen LogP contribution in [0.5, 0.6) is 0 Å². The molecule has 0 aliphatic heterocycles. The first-order valence-corrected chi connectivity index (χ1v) is 8.89. The summed E-state index contributed by atoms with van der Waals surface area (Å²) in [6.07, 6.45) is 1.41. The molecule has 9 heteroatoms. The summed E-state index contributed by atoms with van der Waals surface area (Å²) in [4.78, 5) is 35.7. The van der Waals surface area contributed by atoms with Crippen LogP contribution in [0.4, 0.5) is 4.39 Å². The van der Waals surface area contributed by atoms with E-state index in [-0.39, 0.29) is 16.0 Å². The SMILES string of the molecule is C[S@@](=O)c1ccccc1C(=O)OCC(=O)NNC(=O)c1ccccc1F. The number of hydrazine groups is 1. The molecular weight excluding hydrogens is 363 g/mol. The fraction of sp³-hybridized carbons (Fsp3) is 0.118. The van der Waals surface area contributed by atoms with E-state index >= 15 is 0 Å². The van der Waals surface area contributed by atoms with Crippen molar-refractivity contribution in [1.29, 1.82) is 0 Å². The Hall–Kier alpha value is -3.07. The smallest absolute Gasteiger partial charge is 0.339 e. The van der Waals surface area contributed by atoms with Crippen molar-refractivity contribution in [1.82, 2.24) is 10.9 Å². The van der Waals surface area contributed by atoms with Gasteiger partial charge in [0.05, 0.1) is 26.8 Å². The number of halogens is 1. The van der Waals surface area contributed by atoms with Crippen molar-refractivity contribution in [3.63, 3.8) is 0 Å². The van der Waals surface area contributed by atoms with Gasteiger partial charge in [0.1, 0.15) is 5.82 Å². The van der Waals surface area contributed by atoms with Crippen molar-refractivity contribution in [2.75, 3.05) is 12.9 Å². The molecule has 0 aliphatic carbocycles. The van der Waals surface area contributed by atoms with E-state index in [1.54, 1.807) is 12.1 Å². The monoisotopic (exact) mass is 378 g/mol. The fourth-order valence-electron chi connectivity index (χ4n) is 1.97. The number of hydrogen-bond acceptors (Lipinski definition) is 5. The number of nitrogens with one attached hydrogen (secondary N) is 2. The summed E-state index contributed by atoms with van der Waals surface area (Å²) in [7, 11) is -1.40. The van der Waals surface area contributed by atoms with Crippen LogP contribution < -0.4 is 10.9 Å². The van der Waals surface area contributed by atoms with Gasteiger partial charge >= 0.3 is 5.97 Å². The Kier molecular flexibility index (Phi) is 6.56. The average Bonchev–Trinajstić information content (AvgIpc) is 2.64. The molecule has 0 aromatic heterocycles. The van der Waals surface area contributed by atoms with Crippen molar-refractivity contribution in [2.24, 2.45) is 0 Å². The molecular formula is C17H15FN2O5S. The molecule has 0 saturated carbocycles. The number of hydrogen-bond donors (Lipinski definition) is 2. The highest BCUT2D eigenvalue weighted by Crippen LogP contribution is 2.13. The molecule has 2 rings (SSSR count). The maximum Gasteiger partial charge on any atom is 0.339 e. The van der Waals surface area contributed by atoms with Gasteiger partial charge in [0, 0.05) is 6.26 Å². The number of carbonyl (C=O) groups excluding carboxylic acids is 3. The van der Waals surface area contributed by atoms with Crippen molar-refractivity contribution in [2.45, 2.75) is 4.90 Å². The molecule has 136 valence electrons. The molecule has 7 nitrogen and oxygen atoms in total. The van der Waals surface area contributed by atoms with Crippen LogP contribution in [-0.4, -0.2) is 34.9 Å². The van der Waals surface area contributed by atoms with Crippen LogP contribution in [0.15, 0.2) is 53.4 Å². The zero-order valence-electron chi connectivity index (χ0n) is 13.7. The Labute approximate surface area is 151 Å². The van der Waals surface area contributed by atoms with E-state index in [1.807, 2.05) is 10.9 Å². The second-order valence-electron chi connectivity index (χ2n) is 5.01. The molecule has 0 saturated heterocycles. The Morgan fingerprint density at radius 1 is 1.00 bits per heavy atom. The third-order valence-electron chi connectivity index (χ3n) is 3.18. The molecule has 2 aromatic carbocycles. The largest absolute Gasteiger partial charge is 0.452 e. The maximum absolute atomic E-state index is 13.4. The van der Waals surface area contributed by atoms with E-state index in [0.717, 1.165) is 6.07 Å². The number of ether oxygens (including phenoxy) is 1. The van der Waals surface area contributed by atoms with E-state index in [2.05, 4.69) is 0 Å². The molecule has 0 unspecified atom stereocenters. The number of carbonyl (C=O) groups is 3. The predicted molar refractivity (Wildman–Crippen MR) is 91.1 cm³/mol. The molecule has 0 spiro atoms. The molecule has 0 bridgehead atoms. The van der Waals surface area contributed by atoms with Crippen LogP contribution >= 0.6 is 0 Å². The molecule has 0 heterocycles. The van der Waals surface area contributed by atoms with Gasteiger partial charge in [-0.05, 0) is 24.3 Å². The number of esters is 1. The quantitative estimate of drug-likeness (QED) is 0.601. The highest BCUT2D eigenvalue weighted by atomic mass is 32.2. The van der Waals surface area contributed by atoms with Gasteiger partial charge in [-0.3, -0.25) is 24.6 Å². The lowest BCUT2D eigenvalue weighted by atomic mass is 10.2. The second kappa shape index (κ2) is 8.86. The zero-order chi connectivity index (χ0) is 19.1. The van der Waals surface area contributed by atoms with Crippen LogP contribution in [0.2, 0.25) is 0 Å². The first kappa shape index (κ1) is 19.3. The minimum absolute atomic E-state index is 0.0801. The molecule has 0 aliphatic rings. The van der Waals surface area contributed by atoms with Crippen LogP contribution in [-0.2, 0) is 20.3 Å². The third kappa shape index (κ3) is 4.96. The normalized spacial score (nSPS) is 11.3. The number of rotatable bonds is 5. The van der Waals surface area contributed by atoms with Gasteiger partial charge in [0.2, 0.25) is 0 Å². The first-order valence-electron chi connectivity index (χ1n) is 7.33. The van der Waals surface area contributed by atoms with E-state index in [9.17, 15) is 23.0 Å². The van der Waals surface area contributed by atoms with E-state index in [0.29, 0.717) is 0 Å². The molecule has 2 amide bonds. The van der Waals surface area contributed by atoms with Crippen LogP contribution in [0.3, 0.4) is 0 Å². The Bertz CT molecular complexity index is 872. The Balaban J connectivity index is 1.87. The lowest BCUT2D eigenvalue weighted by Crippen LogP contribution is -2.43. The summed E-state index contributed by atoms with van der Waals surface area (Å²) >= 11 is 0. The van der Waals surface area contributed by atoms with Gasteiger partial charge < -0.3 is 4.74 Å². The van der Waals surface area contributed by atoms with E-state index < -0.39 is 41.0 Å². The number of amides is 2. The van der Waals surface area contributed by atoms with E-state index in [1.165, 1.54) is 36.6 Å². The van der Waals surface area contributed by atoms with Crippen LogP contribution in [0.25, 0.3) is 0 Å². The maximum atomic E-state index is 13.4. The molecule has 2 N–H and O–H groups in total. The zero-order valence-corrected chi connectivity index (χ0v) is 14.5. The van der Waals surface area contributed by atoms with Gasteiger partial charge in [-0.15, -0.1) is 0 Å². The molecule has 26 heavy (non-hydrogen) atoms. The highest BCUT2D eigenvalue weighted by Gasteiger charge is 2.17. The second-order valence-corrected chi connectivity index (χ2v) is 6.36. The van der Waals surface area contributed by atoms with Crippen molar-refractivity contribution in [3.05, 3.63) is 65.5 Å². The minimum Gasteiger partial charge on any atom is -0.452 e. The van der Waals surface area contributed by atoms with Gasteiger partial charge in [-0.2, -0.15) is 0 Å². The van der Waals surface area contributed by atoms with Crippen LogP contribution in [0.1, 0.15) is 20.7 Å². The van der Waals surface area contributed by atoms with E-state index in [4.69, 9.17) is 4.74 Å². The van der Waals surface area contributed by atoms with Gasteiger partial charge in [0.25, 0.3) is 11.8 Å². The summed E-state index contributed by atoms with van der Waals surface area (Å²) in [6, 6.07) is 11.4. The predicted octanol–water partition coefficient (Wildman–Crippen LogP) is 1.18. The molecule has 2 aromatic rings. The minimum atomic E-state index is -1.40. The fourth-order valence-corrected chi connectivity index (χ4v) is 2.70. The standard InChI is InChI=1S/C17H15FN2O5S/c1-26(24)14-9-5-3-7-12(14)17(23)25-10-15(21)19-20-16(22)11-6-2-4-8-13(11)18/h2-9H,10H2,1H3,(H,19,21)(H,20,22)/t26-/m1/s1. The third-order valence-corrected chi connectivity index (χ3v) is 4.16. The lowest BCUT2D eigenvalue weighted by Gasteiger charge is -2.09. The summed E-state index contributed by atoms with van der Waals surface area (Å²) < 4.78 is 29.9. The molecule has 0 fully saturated rings. The summed E-state index contributed by atoms with van der Waals surface area (Å²) in [5.41, 5.74) is 3.86. The summed E-state index contributed by atoms with van der Waals surface area (Å²) in [5.74, 6) is -3.24. The average molecular weight is 378 g/mol. The summed E-state index contributed by atoms with van der Waals surface area (Å²) in [5, 5.41) is 0. The van der Waals surface area contributed by atoms with Crippen molar-refractivity contribution < 1.29 is 27.7 Å². The Morgan fingerprint density at radius 3 is 2.27 bits per heavy atom. The van der Waals surface area contributed by atoms with Gasteiger partial charge in [-0.25, -0.2) is 9.18 Å². The molecule has 1 atom stereocenters. The first-order chi connectivity index (χ1) is 12.4. The van der Waals surface area contributed by atoms with Crippen LogP contribution in [0, 0.1) is 5.82 Å². The lowest BCUT2D eigenvalue weighted by molar-refractivity contribution is -0.125. The van der Waals surface area contributed by atoms with Crippen molar-refractivity contribution in [3.8, 4) is 0 Å². The molecule has 0 radical (unpaired) electrons. The number of benzene rings is 2. The van der Waals surface area contributed by atoms with Crippen molar-refractivity contribution >= 4 is 28.6 Å². The topological polar surface area (TPSA) is 102 Å². The Morgan fingerprint density at radius 2 is 1.62 bits per heavy atom.